The Morgan fingerprint density at radius 1 is 1.47 bits per heavy atom. The fraction of sp³-hybridized carbons (Fsp3) is 0.636. The lowest BCUT2D eigenvalue weighted by atomic mass is 10.4. The Labute approximate surface area is 90.9 Å². The van der Waals surface area contributed by atoms with Crippen molar-refractivity contribution < 1.29 is 4.74 Å². The number of aromatic nitrogens is 2. The summed E-state index contributed by atoms with van der Waals surface area (Å²) in [5, 5.41) is 0. The second kappa shape index (κ2) is 8.03. The van der Waals surface area contributed by atoms with Gasteiger partial charge in [0.2, 0.25) is 5.88 Å². The minimum Gasteiger partial charge on any atom is -0.478 e. The van der Waals surface area contributed by atoms with Gasteiger partial charge in [0.15, 0.2) is 0 Å². The molecule has 0 bridgehead atoms. The molecule has 0 amide bonds. The average Bonchev–Trinajstić information content (AvgIpc) is 2.27. The van der Waals surface area contributed by atoms with Gasteiger partial charge in [0, 0.05) is 19.3 Å². The molecule has 1 heterocycles. The van der Waals surface area contributed by atoms with Gasteiger partial charge < -0.3 is 9.30 Å². The smallest absolute Gasteiger partial charge is 0.350 e. The van der Waals surface area contributed by atoms with E-state index in [2.05, 4.69) is 11.9 Å². The molecule has 0 aromatic carbocycles. The standard InChI is InChI=1S/C9H14N2O2.C2H6/c1-3-4-7-13-8-5-6-11(2)9(12)10-8;1-2/h5-6H,3-4,7H2,1-2H3;1-2H3. The van der Waals surface area contributed by atoms with Crippen LogP contribution in [0.15, 0.2) is 17.1 Å². The number of unbranched alkanes of at least 4 members (excludes halogenated alkanes) is 1. The van der Waals surface area contributed by atoms with Crippen LogP contribution in [0.5, 0.6) is 5.88 Å². The van der Waals surface area contributed by atoms with E-state index >= 15 is 0 Å². The molecule has 0 aliphatic rings. The topological polar surface area (TPSA) is 44.1 Å². The van der Waals surface area contributed by atoms with Crippen molar-refractivity contribution in [2.75, 3.05) is 6.61 Å². The van der Waals surface area contributed by atoms with E-state index in [9.17, 15) is 4.79 Å². The van der Waals surface area contributed by atoms with Gasteiger partial charge in [-0.3, -0.25) is 0 Å². The molecule has 86 valence electrons. The van der Waals surface area contributed by atoms with Crippen LogP contribution >= 0.6 is 0 Å². The minimum absolute atomic E-state index is 0.283. The van der Waals surface area contributed by atoms with Crippen LogP contribution in [-0.4, -0.2) is 16.2 Å². The van der Waals surface area contributed by atoms with Gasteiger partial charge in [-0.1, -0.05) is 27.2 Å². The van der Waals surface area contributed by atoms with Crippen molar-refractivity contribution in [1.29, 1.82) is 0 Å². The summed E-state index contributed by atoms with van der Waals surface area (Å²) in [4.78, 5) is 14.8. The first kappa shape index (κ1) is 13.7. The average molecular weight is 212 g/mol. The highest BCUT2D eigenvalue weighted by molar-refractivity contribution is 5.05. The quantitative estimate of drug-likeness (QED) is 0.717. The van der Waals surface area contributed by atoms with Gasteiger partial charge in [0.25, 0.3) is 0 Å². The Morgan fingerprint density at radius 3 is 2.67 bits per heavy atom. The van der Waals surface area contributed by atoms with E-state index in [0.717, 1.165) is 12.8 Å². The molecule has 15 heavy (non-hydrogen) atoms. The Bertz CT molecular complexity index is 321. The number of hydrogen-bond acceptors (Lipinski definition) is 3. The van der Waals surface area contributed by atoms with Gasteiger partial charge >= 0.3 is 5.69 Å². The SMILES string of the molecule is CC.CCCCOc1ccn(C)c(=O)n1. The van der Waals surface area contributed by atoms with Crippen LogP contribution in [0.3, 0.4) is 0 Å². The molecule has 1 aromatic rings. The van der Waals surface area contributed by atoms with Crippen molar-refractivity contribution in [3.63, 3.8) is 0 Å². The monoisotopic (exact) mass is 212 g/mol. The highest BCUT2D eigenvalue weighted by Gasteiger charge is 1.96. The van der Waals surface area contributed by atoms with Crippen molar-refractivity contribution in [2.45, 2.75) is 33.6 Å². The maximum Gasteiger partial charge on any atom is 0.350 e. The van der Waals surface area contributed by atoms with Gasteiger partial charge in [-0.2, -0.15) is 4.98 Å². The molecule has 1 rings (SSSR count). The van der Waals surface area contributed by atoms with E-state index in [1.54, 1.807) is 19.3 Å². The third kappa shape index (κ3) is 5.20. The Balaban J connectivity index is 0.000000921. The van der Waals surface area contributed by atoms with Gasteiger partial charge in [0.05, 0.1) is 6.61 Å². The Kier molecular flexibility index (Phi) is 7.32. The van der Waals surface area contributed by atoms with Crippen LogP contribution in [0.2, 0.25) is 0 Å². The lowest BCUT2D eigenvalue weighted by Gasteiger charge is -2.03. The van der Waals surface area contributed by atoms with E-state index in [-0.39, 0.29) is 5.69 Å². The molecule has 0 fully saturated rings. The molecule has 0 saturated carbocycles. The summed E-state index contributed by atoms with van der Waals surface area (Å²) in [5.41, 5.74) is -0.283. The minimum atomic E-state index is -0.283. The summed E-state index contributed by atoms with van der Waals surface area (Å²) >= 11 is 0. The zero-order valence-electron chi connectivity index (χ0n) is 9.99. The summed E-state index contributed by atoms with van der Waals surface area (Å²) in [6.07, 6.45) is 3.71. The number of hydrogen-bond donors (Lipinski definition) is 0. The molecule has 0 saturated heterocycles. The molecule has 1 aromatic heterocycles. The van der Waals surface area contributed by atoms with E-state index in [1.807, 2.05) is 13.8 Å². The molecular weight excluding hydrogens is 192 g/mol. The summed E-state index contributed by atoms with van der Waals surface area (Å²) in [7, 11) is 1.66. The Hall–Kier alpha value is -1.32. The van der Waals surface area contributed by atoms with E-state index < -0.39 is 0 Å². The lowest BCUT2D eigenvalue weighted by Crippen LogP contribution is -2.19. The number of ether oxygens (including phenoxy) is 1. The zero-order valence-corrected chi connectivity index (χ0v) is 9.99. The normalized spacial score (nSPS) is 9.07. The third-order valence-corrected chi connectivity index (χ3v) is 1.70. The molecule has 0 radical (unpaired) electrons. The molecular formula is C11H20N2O2. The van der Waals surface area contributed by atoms with E-state index in [4.69, 9.17) is 4.74 Å². The van der Waals surface area contributed by atoms with E-state index in [0.29, 0.717) is 12.5 Å². The van der Waals surface area contributed by atoms with Crippen LogP contribution in [0.25, 0.3) is 0 Å². The van der Waals surface area contributed by atoms with Crippen molar-refractivity contribution in [1.82, 2.24) is 9.55 Å². The molecule has 0 N–H and O–H groups in total. The molecule has 0 unspecified atom stereocenters. The zero-order chi connectivity index (χ0) is 11.7. The van der Waals surface area contributed by atoms with Crippen LogP contribution < -0.4 is 10.4 Å². The molecule has 0 aliphatic carbocycles. The van der Waals surface area contributed by atoms with E-state index in [1.165, 1.54) is 4.57 Å². The fourth-order valence-corrected chi connectivity index (χ4v) is 0.851. The van der Waals surface area contributed by atoms with Crippen molar-refractivity contribution >= 4 is 0 Å². The molecule has 4 nitrogen and oxygen atoms in total. The van der Waals surface area contributed by atoms with Crippen molar-refractivity contribution in [2.24, 2.45) is 7.05 Å². The highest BCUT2D eigenvalue weighted by atomic mass is 16.5. The first-order valence-electron chi connectivity index (χ1n) is 5.40. The third-order valence-electron chi connectivity index (χ3n) is 1.70. The lowest BCUT2D eigenvalue weighted by molar-refractivity contribution is 0.295. The molecule has 0 spiro atoms. The Morgan fingerprint density at radius 2 is 2.13 bits per heavy atom. The second-order valence-electron chi connectivity index (χ2n) is 2.86. The first-order valence-corrected chi connectivity index (χ1v) is 5.40. The molecule has 0 atom stereocenters. The predicted octanol–water partition coefficient (Wildman–Crippen LogP) is 1.99. The number of aryl methyl sites for hydroxylation is 1. The van der Waals surface area contributed by atoms with Gasteiger partial charge in [-0.25, -0.2) is 4.79 Å². The van der Waals surface area contributed by atoms with Crippen LogP contribution in [0.1, 0.15) is 33.6 Å². The van der Waals surface area contributed by atoms with Crippen LogP contribution in [0.4, 0.5) is 0 Å². The van der Waals surface area contributed by atoms with Gasteiger partial charge in [-0.15, -0.1) is 0 Å². The molecule has 4 heteroatoms. The summed E-state index contributed by atoms with van der Waals surface area (Å²) < 4.78 is 6.67. The summed E-state index contributed by atoms with van der Waals surface area (Å²) in [6, 6.07) is 1.69. The van der Waals surface area contributed by atoms with Gasteiger partial charge in [0.1, 0.15) is 0 Å². The maximum atomic E-state index is 11.0. The molecule has 0 aliphatic heterocycles. The summed E-state index contributed by atoms with van der Waals surface area (Å²) in [5.74, 6) is 0.413. The van der Waals surface area contributed by atoms with Crippen LogP contribution in [-0.2, 0) is 7.05 Å². The number of rotatable bonds is 4. The highest BCUT2D eigenvalue weighted by Crippen LogP contribution is 2.01. The summed E-state index contributed by atoms with van der Waals surface area (Å²) in [6.45, 7) is 6.71. The number of nitrogens with zero attached hydrogens (tertiary/aromatic N) is 2. The van der Waals surface area contributed by atoms with Crippen LogP contribution in [0, 0.1) is 0 Å². The maximum absolute atomic E-state index is 11.0. The van der Waals surface area contributed by atoms with Crippen molar-refractivity contribution in [3.05, 3.63) is 22.7 Å². The van der Waals surface area contributed by atoms with Crippen molar-refractivity contribution in [3.8, 4) is 5.88 Å². The fourth-order valence-electron chi connectivity index (χ4n) is 0.851. The second-order valence-corrected chi connectivity index (χ2v) is 2.86. The van der Waals surface area contributed by atoms with Gasteiger partial charge in [-0.05, 0) is 6.42 Å². The predicted molar refractivity (Wildman–Crippen MR) is 61.2 cm³/mol. The first-order chi connectivity index (χ1) is 7.24. The largest absolute Gasteiger partial charge is 0.478 e.